The molecule has 0 saturated carbocycles. The first-order valence-electron chi connectivity index (χ1n) is 5.49. The van der Waals surface area contributed by atoms with E-state index in [1.54, 1.807) is 0 Å². The Labute approximate surface area is 96.3 Å². The van der Waals surface area contributed by atoms with Gasteiger partial charge in [-0.25, -0.2) is 0 Å². The van der Waals surface area contributed by atoms with Crippen LogP contribution in [0.2, 0.25) is 0 Å². The lowest BCUT2D eigenvalue weighted by atomic mass is 9.99. The van der Waals surface area contributed by atoms with Crippen LogP contribution >= 0.6 is 0 Å². The van der Waals surface area contributed by atoms with Crippen LogP contribution in [0.5, 0.6) is 0 Å². The highest BCUT2D eigenvalue weighted by atomic mass is 16.3. The van der Waals surface area contributed by atoms with Crippen molar-refractivity contribution >= 4 is 0 Å². The Kier molecular flexibility index (Phi) is 3.11. The molecule has 0 spiro atoms. The van der Waals surface area contributed by atoms with Crippen molar-refractivity contribution in [1.29, 1.82) is 0 Å². The van der Waals surface area contributed by atoms with Gasteiger partial charge < -0.3 is 9.73 Å². The summed E-state index contributed by atoms with van der Waals surface area (Å²) in [7, 11) is 1.97. The lowest BCUT2D eigenvalue weighted by Gasteiger charge is -2.15. The SMILES string of the molecule is CNC(c1cccc(C)c1)c1coc(C)c1. The van der Waals surface area contributed by atoms with Gasteiger partial charge in [-0.15, -0.1) is 0 Å². The first-order chi connectivity index (χ1) is 7.70. The molecular formula is C14H17NO. The van der Waals surface area contributed by atoms with E-state index in [4.69, 9.17) is 4.42 Å². The third-order valence-corrected chi connectivity index (χ3v) is 2.75. The Morgan fingerprint density at radius 1 is 1.12 bits per heavy atom. The summed E-state index contributed by atoms with van der Waals surface area (Å²) < 4.78 is 5.36. The fourth-order valence-electron chi connectivity index (χ4n) is 1.99. The van der Waals surface area contributed by atoms with Crippen molar-refractivity contribution in [2.75, 3.05) is 7.05 Å². The fourth-order valence-corrected chi connectivity index (χ4v) is 1.99. The molecule has 1 atom stereocenters. The molecule has 0 aliphatic rings. The minimum atomic E-state index is 0.206. The Bertz CT molecular complexity index is 473. The third kappa shape index (κ3) is 2.17. The lowest BCUT2D eigenvalue weighted by molar-refractivity contribution is 0.528. The molecule has 2 nitrogen and oxygen atoms in total. The summed E-state index contributed by atoms with van der Waals surface area (Å²) in [5.74, 6) is 0.947. The van der Waals surface area contributed by atoms with E-state index in [2.05, 4.69) is 42.6 Å². The van der Waals surface area contributed by atoms with Gasteiger partial charge in [0.25, 0.3) is 0 Å². The van der Waals surface area contributed by atoms with Gasteiger partial charge in [0.15, 0.2) is 0 Å². The average molecular weight is 215 g/mol. The van der Waals surface area contributed by atoms with Gasteiger partial charge in [0.1, 0.15) is 5.76 Å². The highest BCUT2D eigenvalue weighted by Crippen LogP contribution is 2.23. The Morgan fingerprint density at radius 3 is 2.50 bits per heavy atom. The van der Waals surface area contributed by atoms with Gasteiger partial charge in [-0.2, -0.15) is 0 Å². The van der Waals surface area contributed by atoms with Gasteiger partial charge in [0.05, 0.1) is 12.3 Å². The summed E-state index contributed by atoms with van der Waals surface area (Å²) in [6, 6.07) is 10.8. The molecule has 2 heteroatoms. The molecule has 1 N–H and O–H groups in total. The van der Waals surface area contributed by atoms with E-state index in [1.165, 1.54) is 16.7 Å². The quantitative estimate of drug-likeness (QED) is 0.850. The van der Waals surface area contributed by atoms with Crippen LogP contribution in [0.1, 0.15) is 28.5 Å². The van der Waals surface area contributed by atoms with Gasteiger partial charge >= 0.3 is 0 Å². The maximum Gasteiger partial charge on any atom is 0.101 e. The van der Waals surface area contributed by atoms with Crippen molar-refractivity contribution in [3.05, 3.63) is 59.0 Å². The molecule has 0 aliphatic heterocycles. The molecule has 1 unspecified atom stereocenters. The molecule has 16 heavy (non-hydrogen) atoms. The van der Waals surface area contributed by atoms with E-state index in [0.717, 1.165) is 5.76 Å². The first kappa shape index (κ1) is 11.0. The Hall–Kier alpha value is -1.54. The van der Waals surface area contributed by atoms with Crippen LogP contribution in [0.4, 0.5) is 0 Å². The van der Waals surface area contributed by atoms with Crippen LogP contribution in [0.15, 0.2) is 41.0 Å². The zero-order valence-corrected chi connectivity index (χ0v) is 9.95. The summed E-state index contributed by atoms with van der Waals surface area (Å²) in [5, 5.41) is 3.32. The van der Waals surface area contributed by atoms with Crippen molar-refractivity contribution in [3.63, 3.8) is 0 Å². The van der Waals surface area contributed by atoms with E-state index in [-0.39, 0.29) is 6.04 Å². The average Bonchev–Trinajstić information content (AvgIpc) is 2.66. The third-order valence-electron chi connectivity index (χ3n) is 2.75. The van der Waals surface area contributed by atoms with Crippen molar-refractivity contribution in [2.24, 2.45) is 0 Å². The van der Waals surface area contributed by atoms with E-state index >= 15 is 0 Å². The molecule has 2 aromatic rings. The van der Waals surface area contributed by atoms with Crippen molar-refractivity contribution in [3.8, 4) is 0 Å². The molecular weight excluding hydrogens is 198 g/mol. The molecule has 0 amide bonds. The zero-order chi connectivity index (χ0) is 11.5. The molecule has 0 saturated heterocycles. The Balaban J connectivity index is 2.36. The minimum Gasteiger partial charge on any atom is -0.469 e. The monoisotopic (exact) mass is 215 g/mol. The molecule has 0 fully saturated rings. The summed E-state index contributed by atoms with van der Waals surface area (Å²) >= 11 is 0. The maximum atomic E-state index is 5.36. The van der Waals surface area contributed by atoms with Gasteiger partial charge in [-0.05, 0) is 32.5 Å². The molecule has 1 heterocycles. The molecule has 2 rings (SSSR count). The number of aryl methyl sites for hydroxylation is 2. The molecule has 1 aromatic carbocycles. The fraction of sp³-hybridized carbons (Fsp3) is 0.286. The molecule has 0 aliphatic carbocycles. The smallest absolute Gasteiger partial charge is 0.101 e. The van der Waals surface area contributed by atoms with Crippen LogP contribution in [0, 0.1) is 13.8 Å². The van der Waals surface area contributed by atoms with Crippen molar-refractivity contribution in [2.45, 2.75) is 19.9 Å². The second kappa shape index (κ2) is 4.54. The number of rotatable bonds is 3. The normalized spacial score (nSPS) is 12.7. The van der Waals surface area contributed by atoms with E-state index in [0.29, 0.717) is 0 Å². The van der Waals surface area contributed by atoms with Crippen LogP contribution in [0.3, 0.4) is 0 Å². The Morgan fingerprint density at radius 2 is 1.94 bits per heavy atom. The predicted molar refractivity (Wildman–Crippen MR) is 65.5 cm³/mol. The number of benzene rings is 1. The van der Waals surface area contributed by atoms with E-state index < -0.39 is 0 Å². The molecule has 84 valence electrons. The first-order valence-corrected chi connectivity index (χ1v) is 5.49. The van der Waals surface area contributed by atoms with E-state index in [1.807, 2.05) is 20.2 Å². The van der Waals surface area contributed by atoms with Gasteiger partial charge in [0, 0.05) is 5.56 Å². The highest BCUT2D eigenvalue weighted by molar-refractivity contribution is 5.33. The number of nitrogens with one attached hydrogen (secondary N) is 1. The van der Waals surface area contributed by atoms with Crippen LogP contribution in [0.25, 0.3) is 0 Å². The van der Waals surface area contributed by atoms with Crippen LogP contribution in [-0.2, 0) is 0 Å². The number of hydrogen-bond donors (Lipinski definition) is 1. The number of hydrogen-bond acceptors (Lipinski definition) is 2. The highest BCUT2D eigenvalue weighted by Gasteiger charge is 2.13. The maximum absolute atomic E-state index is 5.36. The van der Waals surface area contributed by atoms with Gasteiger partial charge in [-0.1, -0.05) is 29.8 Å². The second-order valence-corrected chi connectivity index (χ2v) is 4.13. The van der Waals surface area contributed by atoms with Crippen molar-refractivity contribution in [1.82, 2.24) is 5.32 Å². The van der Waals surface area contributed by atoms with E-state index in [9.17, 15) is 0 Å². The predicted octanol–water partition coefficient (Wildman–Crippen LogP) is 3.21. The lowest BCUT2D eigenvalue weighted by Crippen LogP contribution is -2.16. The summed E-state index contributed by atoms with van der Waals surface area (Å²) in [4.78, 5) is 0. The molecule has 0 bridgehead atoms. The largest absolute Gasteiger partial charge is 0.469 e. The summed E-state index contributed by atoms with van der Waals surface area (Å²) in [6.45, 7) is 4.07. The molecule has 1 aromatic heterocycles. The van der Waals surface area contributed by atoms with Crippen LogP contribution < -0.4 is 5.32 Å². The zero-order valence-electron chi connectivity index (χ0n) is 9.95. The number of furan rings is 1. The molecule has 0 radical (unpaired) electrons. The second-order valence-electron chi connectivity index (χ2n) is 4.13. The van der Waals surface area contributed by atoms with Gasteiger partial charge in [0.2, 0.25) is 0 Å². The summed E-state index contributed by atoms with van der Waals surface area (Å²) in [6.07, 6.45) is 1.82. The summed E-state index contributed by atoms with van der Waals surface area (Å²) in [5.41, 5.74) is 3.71. The minimum absolute atomic E-state index is 0.206. The standard InChI is InChI=1S/C14H17NO/c1-10-5-4-6-12(7-10)14(15-3)13-8-11(2)16-9-13/h4-9,14-15H,1-3H3. The topological polar surface area (TPSA) is 25.2 Å². The van der Waals surface area contributed by atoms with Crippen LogP contribution in [-0.4, -0.2) is 7.05 Å². The van der Waals surface area contributed by atoms with Crippen molar-refractivity contribution < 1.29 is 4.42 Å². The van der Waals surface area contributed by atoms with Gasteiger partial charge in [-0.3, -0.25) is 0 Å².